The molecular weight excluding hydrogens is 290 g/mol. The quantitative estimate of drug-likeness (QED) is 0.800. The minimum Gasteiger partial charge on any atom is -0.423 e. The van der Waals surface area contributed by atoms with Crippen LogP contribution >= 0.6 is 0 Å². The van der Waals surface area contributed by atoms with Crippen molar-refractivity contribution in [2.75, 3.05) is 13.1 Å². The number of carbonyl (C=O) groups is 1. The monoisotopic (exact) mass is 313 g/mol. The van der Waals surface area contributed by atoms with Crippen LogP contribution in [0.5, 0.6) is 0 Å². The van der Waals surface area contributed by atoms with Gasteiger partial charge in [0.05, 0.1) is 6.42 Å². The van der Waals surface area contributed by atoms with Crippen molar-refractivity contribution in [3.8, 4) is 0 Å². The van der Waals surface area contributed by atoms with E-state index >= 15 is 0 Å². The zero-order valence-electron chi connectivity index (χ0n) is 14.0. The standard InChI is InChI=1S/C19H23NO3/c1-12-4-5-16-15(9-19(22)23-17(16)7-12)8-18(21)20-10-13(2)6-14(3)11-20/h4-5,7,9,13-14H,6,8,10-11H2,1-3H3/t13-,14+. The van der Waals surface area contributed by atoms with E-state index in [9.17, 15) is 9.59 Å². The molecule has 1 aliphatic heterocycles. The van der Waals surface area contributed by atoms with Crippen molar-refractivity contribution in [2.45, 2.75) is 33.6 Å². The molecule has 2 atom stereocenters. The Morgan fingerprint density at radius 2 is 1.91 bits per heavy atom. The molecule has 0 radical (unpaired) electrons. The molecule has 2 heterocycles. The fraction of sp³-hybridized carbons (Fsp3) is 0.474. The summed E-state index contributed by atoms with van der Waals surface area (Å²) in [5.41, 5.74) is 1.95. The smallest absolute Gasteiger partial charge is 0.336 e. The Morgan fingerprint density at radius 1 is 1.22 bits per heavy atom. The van der Waals surface area contributed by atoms with E-state index in [0.717, 1.165) is 29.6 Å². The molecule has 1 aliphatic rings. The van der Waals surface area contributed by atoms with Gasteiger partial charge in [0.25, 0.3) is 0 Å². The van der Waals surface area contributed by atoms with E-state index in [4.69, 9.17) is 4.42 Å². The first-order valence-electron chi connectivity index (χ1n) is 8.23. The molecule has 1 aromatic heterocycles. The van der Waals surface area contributed by atoms with Gasteiger partial charge in [-0.15, -0.1) is 0 Å². The van der Waals surface area contributed by atoms with Gasteiger partial charge < -0.3 is 9.32 Å². The van der Waals surface area contributed by atoms with Gasteiger partial charge in [-0.3, -0.25) is 4.79 Å². The first-order valence-corrected chi connectivity index (χ1v) is 8.23. The Labute approximate surface area is 136 Å². The lowest BCUT2D eigenvalue weighted by Gasteiger charge is -2.35. The first kappa shape index (κ1) is 15.8. The van der Waals surface area contributed by atoms with Crippen LogP contribution in [0.25, 0.3) is 11.0 Å². The minimum atomic E-state index is -0.397. The fourth-order valence-corrected chi connectivity index (χ4v) is 3.62. The molecule has 4 heteroatoms. The maximum Gasteiger partial charge on any atom is 0.336 e. The topological polar surface area (TPSA) is 50.5 Å². The normalized spacial score (nSPS) is 21.6. The third-order valence-electron chi connectivity index (χ3n) is 4.55. The van der Waals surface area contributed by atoms with E-state index in [-0.39, 0.29) is 12.3 Å². The number of benzene rings is 1. The number of amides is 1. The van der Waals surface area contributed by atoms with Crippen LogP contribution in [0.15, 0.2) is 33.5 Å². The lowest BCUT2D eigenvalue weighted by Crippen LogP contribution is -2.43. The van der Waals surface area contributed by atoms with Gasteiger partial charge in [0.1, 0.15) is 5.58 Å². The van der Waals surface area contributed by atoms with E-state index in [1.807, 2.05) is 30.0 Å². The summed E-state index contributed by atoms with van der Waals surface area (Å²) in [7, 11) is 0. The minimum absolute atomic E-state index is 0.0934. The molecule has 0 unspecified atom stereocenters. The number of aryl methyl sites for hydroxylation is 1. The zero-order valence-corrected chi connectivity index (χ0v) is 14.0. The molecule has 2 aromatic rings. The summed E-state index contributed by atoms with van der Waals surface area (Å²) in [6.07, 6.45) is 1.42. The molecule has 122 valence electrons. The number of likely N-dealkylation sites (tertiary alicyclic amines) is 1. The number of piperidine rings is 1. The lowest BCUT2D eigenvalue weighted by atomic mass is 9.91. The molecule has 0 bridgehead atoms. The predicted molar refractivity (Wildman–Crippen MR) is 90.5 cm³/mol. The highest BCUT2D eigenvalue weighted by Crippen LogP contribution is 2.23. The number of hydrogen-bond acceptors (Lipinski definition) is 3. The van der Waals surface area contributed by atoms with E-state index in [1.54, 1.807) is 0 Å². The van der Waals surface area contributed by atoms with Crippen LogP contribution in [0, 0.1) is 18.8 Å². The van der Waals surface area contributed by atoms with Gasteiger partial charge in [0.15, 0.2) is 0 Å². The summed E-state index contributed by atoms with van der Waals surface area (Å²) in [6.45, 7) is 7.94. The van der Waals surface area contributed by atoms with Crippen LogP contribution in [-0.4, -0.2) is 23.9 Å². The summed E-state index contributed by atoms with van der Waals surface area (Å²) >= 11 is 0. The molecule has 1 amide bonds. The highest BCUT2D eigenvalue weighted by atomic mass is 16.4. The SMILES string of the molecule is Cc1ccc2c(CC(=O)N3C[C@H](C)C[C@H](C)C3)cc(=O)oc2c1. The Hall–Kier alpha value is -2.10. The molecule has 0 N–H and O–H groups in total. The van der Waals surface area contributed by atoms with Crippen molar-refractivity contribution < 1.29 is 9.21 Å². The number of fused-ring (bicyclic) bond motifs is 1. The van der Waals surface area contributed by atoms with Crippen LogP contribution in [0.1, 0.15) is 31.4 Å². The number of carbonyl (C=O) groups excluding carboxylic acids is 1. The van der Waals surface area contributed by atoms with Gasteiger partial charge in [0, 0.05) is 24.5 Å². The van der Waals surface area contributed by atoms with Crippen molar-refractivity contribution in [1.29, 1.82) is 0 Å². The second-order valence-corrected chi connectivity index (χ2v) is 7.01. The maximum atomic E-state index is 12.7. The Kier molecular flexibility index (Phi) is 4.24. The average molecular weight is 313 g/mol. The van der Waals surface area contributed by atoms with Crippen LogP contribution < -0.4 is 5.63 Å². The summed E-state index contributed by atoms with van der Waals surface area (Å²) in [5, 5.41) is 0.849. The molecule has 4 nitrogen and oxygen atoms in total. The first-order chi connectivity index (χ1) is 10.9. The highest BCUT2D eigenvalue weighted by Gasteiger charge is 2.25. The van der Waals surface area contributed by atoms with Crippen LogP contribution in [0.3, 0.4) is 0 Å². The Balaban J connectivity index is 1.89. The fourth-order valence-electron chi connectivity index (χ4n) is 3.62. The highest BCUT2D eigenvalue weighted by molar-refractivity contribution is 5.87. The second-order valence-electron chi connectivity index (χ2n) is 7.01. The Bertz CT molecular complexity index is 783. The van der Waals surface area contributed by atoms with Crippen molar-refractivity contribution in [3.05, 3.63) is 45.8 Å². The third kappa shape index (κ3) is 3.46. The molecule has 0 spiro atoms. The molecule has 23 heavy (non-hydrogen) atoms. The number of nitrogens with zero attached hydrogens (tertiary/aromatic N) is 1. The van der Waals surface area contributed by atoms with Crippen LogP contribution in [0.4, 0.5) is 0 Å². The van der Waals surface area contributed by atoms with Crippen LogP contribution in [-0.2, 0) is 11.2 Å². The predicted octanol–water partition coefficient (Wildman–Crippen LogP) is 3.15. The zero-order chi connectivity index (χ0) is 16.6. The molecule has 0 saturated carbocycles. The maximum absolute atomic E-state index is 12.7. The summed E-state index contributed by atoms with van der Waals surface area (Å²) < 4.78 is 5.26. The molecule has 1 saturated heterocycles. The second kappa shape index (κ2) is 6.19. The summed E-state index contributed by atoms with van der Waals surface area (Å²) in [6, 6.07) is 7.20. The van der Waals surface area contributed by atoms with Gasteiger partial charge in [-0.05, 0) is 42.4 Å². The number of hydrogen-bond donors (Lipinski definition) is 0. The summed E-state index contributed by atoms with van der Waals surface area (Å²) in [5.74, 6) is 1.15. The van der Waals surface area contributed by atoms with E-state index in [2.05, 4.69) is 13.8 Å². The molecule has 3 rings (SSSR count). The van der Waals surface area contributed by atoms with Crippen LogP contribution in [0.2, 0.25) is 0 Å². The Morgan fingerprint density at radius 3 is 2.61 bits per heavy atom. The van der Waals surface area contributed by atoms with Crippen molar-refractivity contribution in [2.24, 2.45) is 11.8 Å². The van der Waals surface area contributed by atoms with E-state index in [0.29, 0.717) is 17.4 Å². The van der Waals surface area contributed by atoms with Crippen molar-refractivity contribution >= 4 is 16.9 Å². The van der Waals surface area contributed by atoms with Gasteiger partial charge in [0.2, 0.25) is 5.91 Å². The number of rotatable bonds is 2. The van der Waals surface area contributed by atoms with E-state index < -0.39 is 5.63 Å². The largest absolute Gasteiger partial charge is 0.423 e. The summed E-state index contributed by atoms with van der Waals surface area (Å²) in [4.78, 5) is 26.4. The lowest BCUT2D eigenvalue weighted by molar-refractivity contribution is -0.133. The third-order valence-corrected chi connectivity index (χ3v) is 4.55. The van der Waals surface area contributed by atoms with Gasteiger partial charge in [-0.2, -0.15) is 0 Å². The van der Waals surface area contributed by atoms with Gasteiger partial charge in [-0.25, -0.2) is 4.79 Å². The van der Waals surface area contributed by atoms with Gasteiger partial charge in [-0.1, -0.05) is 26.0 Å². The average Bonchev–Trinajstić information content (AvgIpc) is 2.45. The molecule has 1 fully saturated rings. The molecular formula is C19H23NO3. The van der Waals surface area contributed by atoms with Crippen molar-refractivity contribution in [1.82, 2.24) is 4.90 Å². The van der Waals surface area contributed by atoms with E-state index in [1.165, 1.54) is 12.5 Å². The molecule has 0 aliphatic carbocycles. The van der Waals surface area contributed by atoms with Crippen molar-refractivity contribution in [3.63, 3.8) is 0 Å². The molecule has 1 aromatic carbocycles. The van der Waals surface area contributed by atoms with Gasteiger partial charge >= 0.3 is 5.63 Å².